The number of nitrogens with zero attached hydrogens (tertiary/aromatic N) is 4. The van der Waals surface area contributed by atoms with Gasteiger partial charge in [-0.1, -0.05) is 91.0 Å². The Balaban J connectivity index is 1.70. The first-order valence-electron chi connectivity index (χ1n) is 13.5. The van der Waals surface area contributed by atoms with Crippen LogP contribution in [0.5, 0.6) is 0 Å². The maximum Gasteiger partial charge on any atom is 0.417 e. The number of nitrogen functional groups attached to an aromatic ring is 1. The van der Waals surface area contributed by atoms with E-state index >= 15 is 0 Å². The van der Waals surface area contributed by atoms with Crippen LogP contribution in [0.15, 0.2) is 96.0 Å². The van der Waals surface area contributed by atoms with Gasteiger partial charge in [0.25, 0.3) is 5.91 Å². The number of amides is 2. The maximum absolute atomic E-state index is 13.9. The van der Waals surface area contributed by atoms with Crippen LogP contribution < -0.4 is 17.2 Å². The molecule has 0 unspecified atom stereocenters. The minimum atomic E-state index is -1.55. The van der Waals surface area contributed by atoms with Crippen LogP contribution in [0.3, 0.4) is 0 Å². The Kier molecular flexibility index (Phi) is 10.1. The number of aliphatic carboxylic acids is 1. The zero-order chi connectivity index (χ0) is 30.8. The van der Waals surface area contributed by atoms with Crippen LogP contribution >= 0.6 is 0 Å². The molecule has 12 nitrogen and oxygen atoms in total. The van der Waals surface area contributed by atoms with Crippen molar-refractivity contribution in [3.63, 3.8) is 0 Å². The molecule has 0 aliphatic rings. The first kappa shape index (κ1) is 30.3. The molecule has 3 aromatic carbocycles. The van der Waals surface area contributed by atoms with Crippen LogP contribution in [-0.4, -0.2) is 56.1 Å². The van der Waals surface area contributed by atoms with Crippen LogP contribution in [0.4, 0.5) is 10.7 Å². The van der Waals surface area contributed by atoms with Crippen molar-refractivity contribution in [2.75, 3.05) is 12.3 Å². The van der Waals surface area contributed by atoms with E-state index in [-0.39, 0.29) is 37.9 Å². The highest BCUT2D eigenvalue weighted by atomic mass is 16.6. The summed E-state index contributed by atoms with van der Waals surface area (Å²) < 4.78 is 6.89. The van der Waals surface area contributed by atoms with E-state index in [1.165, 1.54) is 4.57 Å². The highest BCUT2D eigenvalue weighted by Crippen LogP contribution is 2.34. The van der Waals surface area contributed by atoms with Crippen LogP contribution in [0.25, 0.3) is 22.5 Å². The summed E-state index contributed by atoms with van der Waals surface area (Å²) in [7, 11) is 0. The number of ether oxygens (including phenoxy) is 1. The summed E-state index contributed by atoms with van der Waals surface area (Å²) in [6.07, 6.45) is -1.03. The number of hydrogen-bond acceptors (Lipinski definition) is 7. The number of imidazole rings is 1. The smallest absolute Gasteiger partial charge is 0.417 e. The molecule has 222 valence electrons. The number of guanidine groups is 1. The normalized spacial score (nSPS) is 11.3. The lowest BCUT2D eigenvalue weighted by Gasteiger charge is -2.27. The number of imide groups is 1. The summed E-state index contributed by atoms with van der Waals surface area (Å²) in [4.78, 5) is 48.8. The lowest BCUT2D eigenvalue weighted by atomic mass is 10.0. The van der Waals surface area contributed by atoms with Crippen molar-refractivity contribution < 1.29 is 24.2 Å². The first-order chi connectivity index (χ1) is 20.8. The number of carboxylic acid groups (broad SMARTS) is 1. The number of hydrogen-bond donors (Lipinski definition) is 4. The topological polar surface area (TPSA) is 192 Å². The Labute approximate surface area is 248 Å². The zero-order valence-electron chi connectivity index (χ0n) is 23.4. The van der Waals surface area contributed by atoms with E-state index < -0.39 is 30.6 Å². The molecule has 0 bridgehead atoms. The van der Waals surface area contributed by atoms with E-state index in [9.17, 15) is 19.5 Å². The van der Waals surface area contributed by atoms with Gasteiger partial charge in [-0.2, -0.15) is 0 Å². The number of carbonyl (C=O) groups excluding carboxylic acids is 2. The molecule has 0 aliphatic heterocycles. The van der Waals surface area contributed by atoms with Gasteiger partial charge in [-0.15, -0.1) is 0 Å². The van der Waals surface area contributed by atoms with Gasteiger partial charge < -0.3 is 31.6 Å². The fourth-order valence-corrected chi connectivity index (χ4v) is 4.58. The van der Waals surface area contributed by atoms with Crippen molar-refractivity contribution >= 4 is 29.9 Å². The fraction of sp³-hybridized carbons (Fsp3) is 0.194. The summed E-state index contributed by atoms with van der Waals surface area (Å²) in [6.45, 7) is -0.529. The second-order valence-corrected chi connectivity index (χ2v) is 9.59. The van der Waals surface area contributed by atoms with E-state index in [1.54, 1.807) is 24.3 Å². The van der Waals surface area contributed by atoms with Gasteiger partial charge in [0, 0.05) is 17.7 Å². The second kappa shape index (κ2) is 14.3. The van der Waals surface area contributed by atoms with Crippen LogP contribution in [0, 0.1) is 0 Å². The number of carbonyl (C=O) groups is 3. The molecule has 1 atom stereocenters. The molecule has 0 saturated carbocycles. The fourth-order valence-electron chi connectivity index (χ4n) is 4.58. The zero-order valence-corrected chi connectivity index (χ0v) is 23.4. The molecule has 0 spiro atoms. The number of anilines is 1. The van der Waals surface area contributed by atoms with E-state index in [1.807, 2.05) is 66.7 Å². The number of aromatic nitrogens is 2. The molecule has 0 saturated heterocycles. The average Bonchev–Trinajstić information content (AvgIpc) is 3.33. The second-order valence-electron chi connectivity index (χ2n) is 9.59. The van der Waals surface area contributed by atoms with Crippen LogP contribution in [0.2, 0.25) is 0 Å². The quantitative estimate of drug-likeness (QED) is 0.110. The van der Waals surface area contributed by atoms with Gasteiger partial charge in [0.2, 0.25) is 5.95 Å². The van der Waals surface area contributed by atoms with Crippen molar-refractivity contribution in [2.24, 2.45) is 16.5 Å². The standard InChI is InChI=1S/C31H33N7O5/c32-29(33)35-18-10-17-24(28(40)41)38(31(42)43-20-21-11-4-1-5-12-21)25(39)19-37-27(23-15-8-3-9-16-23)26(36-30(37)34)22-13-6-2-7-14-22/h1-9,11-16,24H,10,17-20H2,(H2,34,36)(H,40,41)(H4,32,33,35)/t24-/m0/s1. The molecule has 43 heavy (non-hydrogen) atoms. The molecule has 4 aromatic rings. The molecule has 1 aromatic heterocycles. The van der Waals surface area contributed by atoms with Gasteiger partial charge in [0.15, 0.2) is 5.96 Å². The van der Waals surface area contributed by atoms with Gasteiger partial charge in [-0.25, -0.2) is 19.5 Å². The molecule has 2 amide bonds. The first-order valence-corrected chi connectivity index (χ1v) is 13.5. The molecule has 4 rings (SSSR count). The molecule has 0 fully saturated rings. The predicted octanol–water partition coefficient (Wildman–Crippen LogP) is 3.47. The van der Waals surface area contributed by atoms with Crippen molar-refractivity contribution in [1.82, 2.24) is 14.5 Å². The van der Waals surface area contributed by atoms with Gasteiger partial charge in [0.1, 0.15) is 19.2 Å². The van der Waals surface area contributed by atoms with Crippen molar-refractivity contribution in [3.05, 3.63) is 96.6 Å². The summed E-state index contributed by atoms with van der Waals surface area (Å²) >= 11 is 0. The number of rotatable bonds is 12. The predicted molar refractivity (Wildman–Crippen MR) is 162 cm³/mol. The molecule has 12 heteroatoms. The van der Waals surface area contributed by atoms with Crippen LogP contribution in [-0.2, 0) is 27.5 Å². The van der Waals surface area contributed by atoms with E-state index in [4.69, 9.17) is 21.9 Å². The molecular formula is C31H33N7O5. The lowest BCUT2D eigenvalue weighted by Crippen LogP contribution is -2.50. The minimum absolute atomic E-state index is 0.0169. The Hall–Kier alpha value is -5.65. The van der Waals surface area contributed by atoms with Crippen molar-refractivity contribution in [3.8, 4) is 22.5 Å². The molecule has 1 heterocycles. The summed E-state index contributed by atoms with van der Waals surface area (Å²) in [5, 5.41) is 10.1. The largest absolute Gasteiger partial charge is 0.480 e. The third-order valence-corrected chi connectivity index (χ3v) is 6.58. The Bertz CT molecular complexity index is 1570. The number of nitrogens with two attached hydrogens (primary N) is 3. The summed E-state index contributed by atoms with van der Waals surface area (Å²) in [6, 6.07) is 25.8. The Morgan fingerprint density at radius 3 is 2.07 bits per heavy atom. The van der Waals surface area contributed by atoms with Gasteiger partial charge in [-0.3, -0.25) is 9.79 Å². The van der Waals surface area contributed by atoms with Crippen molar-refractivity contribution in [1.29, 1.82) is 0 Å². The Morgan fingerprint density at radius 1 is 0.907 bits per heavy atom. The monoisotopic (exact) mass is 583 g/mol. The van der Waals surface area contributed by atoms with E-state index in [0.717, 1.165) is 11.1 Å². The maximum atomic E-state index is 13.9. The lowest BCUT2D eigenvalue weighted by molar-refractivity contribution is -0.149. The average molecular weight is 584 g/mol. The third-order valence-electron chi connectivity index (χ3n) is 6.58. The van der Waals surface area contributed by atoms with E-state index in [0.29, 0.717) is 21.9 Å². The SMILES string of the molecule is NC(N)=NCCC[C@@H](C(=O)O)N(C(=O)Cn1c(N)nc(-c2ccccc2)c1-c1ccccc1)C(=O)OCc1ccccc1. The Morgan fingerprint density at radius 2 is 1.49 bits per heavy atom. The molecule has 0 aliphatic carbocycles. The third kappa shape index (κ3) is 7.76. The highest BCUT2D eigenvalue weighted by molar-refractivity contribution is 5.97. The molecule has 7 N–H and O–H groups in total. The number of aliphatic imine (C=N–C) groups is 1. The molecule has 0 radical (unpaired) electrons. The van der Waals surface area contributed by atoms with Gasteiger partial charge in [0.05, 0.1) is 11.4 Å². The van der Waals surface area contributed by atoms with Crippen molar-refractivity contribution in [2.45, 2.75) is 32.0 Å². The summed E-state index contributed by atoms with van der Waals surface area (Å²) in [5.41, 5.74) is 20.3. The molecular weight excluding hydrogens is 550 g/mol. The minimum Gasteiger partial charge on any atom is -0.480 e. The number of carboxylic acids is 1. The van der Waals surface area contributed by atoms with E-state index in [2.05, 4.69) is 9.98 Å². The van der Waals surface area contributed by atoms with Crippen LogP contribution in [0.1, 0.15) is 18.4 Å². The van der Waals surface area contributed by atoms with Gasteiger partial charge in [-0.05, 0) is 18.4 Å². The van der Waals surface area contributed by atoms with Gasteiger partial charge >= 0.3 is 12.1 Å². The summed E-state index contributed by atoms with van der Waals surface area (Å²) in [5.74, 6) is -2.36. The number of benzene rings is 3. The highest BCUT2D eigenvalue weighted by Gasteiger charge is 2.36.